The molecular formula is C14H19N3. The van der Waals surface area contributed by atoms with Crippen molar-refractivity contribution in [2.45, 2.75) is 19.3 Å². The van der Waals surface area contributed by atoms with Gasteiger partial charge in [-0.25, -0.2) is 4.98 Å². The molecule has 0 saturated heterocycles. The molecule has 0 aliphatic carbocycles. The molecule has 0 radical (unpaired) electrons. The van der Waals surface area contributed by atoms with E-state index in [1.807, 2.05) is 6.20 Å². The van der Waals surface area contributed by atoms with Gasteiger partial charge in [-0.15, -0.1) is 0 Å². The number of aromatic amines is 1. The first kappa shape index (κ1) is 11.9. The molecule has 1 atom stereocenters. The average molecular weight is 229 g/mol. The first-order chi connectivity index (χ1) is 8.36. The Morgan fingerprint density at radius 3 is 2.82 bits per heavy atom. The third kappa shape index (κ3) is 3.71. The highest BCUT2D eigenvalue weighted by atomic mass is 14.9. The van der Waals surface area contributed by atoms with E-state index >= 15 is 0 Å². The van der Waals surface area contributed by atoms with E-state index in [2.05, 4.69) is 52.5 Å². The maximum Gasteiger partial charge on any atom is 0.107 e. The first-order valence-electron chi connectivity index (χ1n) is 6.10. The molecule has 1 heterocycles. The molecule has 1 aromatic carbocycles. The van der Waals surface area contributed by atoms with Crippen LogP contribution in [0.2, 0.25) is 0 Å². The van der Waals surface area contributed by atoms with Crippen molar-refractivity contribution in [3.8, 4) is 0 Å². The lowest BCUT2D eigenvalue weighted by molar-refractivity contribution is 0.609. The highest BCUT2D eigenvalue weighted by molar-refractivity contribution is 5.18. The average Bonchev–Trinajstić information content (AvgIpc) is 2.88. The summed E-state index contributed by atoms with van der Waals surface area (Å²) >= 11 is 0. The van der Waals surface area contributed by atoms with Crippen molar-refractivity contribution in [2.24, 2.45) is 0 Å². The molecule has 0 amide bonds. The van der Waals surface area contributed by atoms with Crippen molar-refractivity contribution < 1.29 is 0 Å². The SMILES string of the molecule is CC(CNCCc1ncc[nH]1)c1ccccc1. The van der Waals surface area contributed by atoms with Gasteiger partial charge >= 0.3 is 0 Å². The van der Waals surface area contributed by atoms with E-state index in [1.165, 1.54) is 5.56 Å². The van der Waals surface area contributed by atoms with Crippen LogP contribution >= 0.6 is 0 Å². The fourth-order valence-electron chi connectivity index (χ4n) is 1.86. The fraction of sp³-hybridized carbons (Fsp3) is 0.357. The van der Waals surface area contributed by atoms with Crippen molar-refractivity contribution in [1.29, 1.82) is 0 Å². The van der Waals surface area contributed by atoms with Gasteiger partial charge in [0, 0.05) is 31.9 Å². The van der Waals surface area contributed by atoms with Crippen LogP contribution in [0.25, 0.3) is 0 Å². The summed E-state index contributed by atoms with van der Waals surface area (Å²) in [7, 11) is 0. The van der Waals surface area contributed by atoms with Crippen LogP contribution in [0.1, 0.15) is 24.2 Å². The van der Waals surface area contributed by atoms with Gasteiger partial charge in [-0.2, -0.15) is 0 Å². The summed E-state index contributed by atoms with van der Waals surface area (Å²) in [6.45, 7) is 4.21. The number of hydrogen-bond donors (Lipinski definition) is 2. The van der Waals surface area contributed by atoms with E-state index in [1.54, 1.807) is 6.20 Å². The molecule has 3 heteroatoms. The molecule has 0 spiro atoms. The van der Waals surface area contributed by atoms with Gasteiger partial charge in [-0.05, 0) is 11.5 Å². The van der Waals surface area contributed by atoms with Crippen molar-refractivity contribution in [3.63, 3.8) is 0 Å². The molecule has 2 aromatic rings. The van der Waals surface area contributed by atoms with Crippen LogP contribution in [-0.4, -0.2) is 23.1 Å². The summed E-state index contributed by atoms with van der Waals surface area (Å²) < 4.78 is 0. The van der Waals surface area contributed by atoms with E-state index in [9.17, 15) is 0 Å². The van der Waals surface area contributed by atoms with Crippen LogP contribution in [0.4, 0.5) is 0 Å². The maximum absolute atomic E-state index is 4.20. The summed E-state index contributed by atoms with van der Waals surface area (Å²) in [6, 6.07) is 10.6. The first-order valence-corrected chi connectivity index (χ1v) is 6.10. The lowest BCUT2D eigenvalue weighted by atomic mass is 10.0. The number of nitrogens with zero attached hydrogens (tertiary/aromatic N) is 1. The molecule has 3 nitrogen and oxygen atoms in total. The second kappa shape index (κ2) is 6.21. The molecule has 2 N–H and O–H groups in total. The number of H-pyrrole nitrogens is 1. The third-order valence-corrected chi connectivity index (χ3v) is 2.91. The molecule has 0 aliphatic heterocycles. The quantitative estimate of drug-likeness (QED) is 0.746. The highest BCUT2D eigenvalue weighted by Gasteiger charge is 2.03. The van der Waals surface area contributed by atoms with E-state index < -0.39 is 0 Å². The lowest BCUT2D eigenvalue weighted by Crippen LogP contribution is -2.22. The van der Waals surface area contributed by atoms with E-state index in [0.29, 0.717) is 5.92 Å². The summed E-state index contributed by atoms with van der Waals surface area (Å²) in [5.41, 5.74) is 1.39. The predicted octanol–water partition coefficient (Wildman–Crippen LogP) is 2.35. The molecule has 0 saturated carbocycles. The van der Waals surface area contributed by atoms with Crippen molar-refractivity contribution >= 4 is 0 Å². The van der Waals surface area contributed by atoms with Crippen LogP contribution in [0.15, 0.2) is 42.7 Å². The molecule has 0 bridgehead atoms. The van der Waals surface area contributed by atoms with Gasteiger partial charge in [0.25, 0.3) is 0 Å². The third-order valence-electron chi connectivity index (χ3n) is 2.91. The Kier molecular flexibility index (Phi) is 4.33. The Balaban J connectivity index is 1.68. The second-order valence-corrected chi connectivity index (χ2v) is 4.30. The van der Waals surface area contributed by atoms with Crippen LogP contribution in [0, 0.1) is 0 Å². The molecule has 90 valence electrons. The molecule has 0 aliphatic rings. The number of nitrogens with one attached hydrogen (secondary N) is 2. The second-order valence-electron chi connectivity index (χ2n) is 4.30. The Bertz CT molecular complexity index is 408. The molecule has 1 aromatic heterocycles. The number of rotatable bonds is 6. The minimum Gasteiger partial charge on any atom is -0.349 e. The molecule has 0 fully saturated rings. The lowest BCUT2D eigenvalue weighted by Gasteiger charge is -2.12. The smallest absolute Gasteiger partial charge is 0.107 e. The molecular weight excluding hydrogens is 210 g/mol. The van der Waals surface area contributed by atoms with E-state index in [0.717, 1.165) is 25.3 Å². The zero-order valence-corrected chi connectivity index (χ0v) is 10.2. The maximum atomic E-state index is 4.20. The van der Waals surface area contributed by atoms with Crippen molar-refractivity contribution in [2.75, 3.05) is 13.1 Å². The van der Waals surface area contributed by atoms with Crippen molar-refractivity contribution in [1.82, 2.24) is 15.3 Å². The Labute approximate surface area is 102 Å². The van der Waals surface area contributed by atoms with Gasteiger partial charge in [0.2, 0.25) is 0 Å². The minimum absolute atomic E-state index is 0.549. The Hall–Kier alpha value is -1.61. The number of benzene rings is 1. The van der Waals surface area contributed by atoms with E-state index in [-0.39, 0.29) is 0 Å². The monoisotopic (exact) mass is 229 g/mol. The fourth-order valence-corrected chi connectivity index (χ4v) is 1.86. The molecule has 2 rings (SSSR count). The van der Waals surface area contributed by atoms with Crippen LogP contribution in [0.5, 0.6) is 0 Å². The topological polar surface area (TPSA) is 40.7 Å². The summed E-state index contributed by atoms with van der Waals surface area (Å²) in [4.78, 5) is 7.30. The minimum atomic E-state index is 0.549. The molecule has 17 heavy (non-hydrogen) atoms. The van der Waals surface area contributed by atoms with Crippen LogP contribution < -0.4 is 5.32 Å². The Morgan fingerprint density at radius 2 is 2.12 bits per heavy atom. The van der Waals surface area contributed by atoms with Gasteiger partial charge < -0.3 is 10.3 Å². The standard InChI is InChI=1S/C14H19N3/c1-12(13-5-3-2-4-6-13)11-15-8-7-14-16-9-10-17-14/h2-6,9-10,12,15H,7-8,11H2,1H3,(H,16,17). The zero-order chi connectivity index (χ0) is 11.9. The van der Waals surface area contributed by atoms with Gasteiger partial charge in [0.1, 0.15) is 5.82 Å². The van der Waals surface area contributed by atoms with E-state index in [4.69, 9.17) is 0 Å². The van der Waals surface area contributed by atoms with Gasteiger partial charge in [0.15, 0.2) is 0 Å². The summed E-state index contributed by atoms with van der Waals surface area (Å²) in [6.07, 6.45) is 4.61. The molecule has 1 unspecified atom stereocenters. The van der Waals surface area contributed by atoms with Crippen LogP contribution in [0.3, 0.4) is 0 Å². The normalized spacial score (nSPS) is 12.5. The van der Waals surface area contributed by atoms with Gasteiger partial charge in [0.05, 0.1) is 0 Å². The number of aromatic nitrogens is 2. The largest absolute Gasteiger partial charge is 0.349 e. The summed E-state index contributed by atoms with van der Waals surface area (Å²) in [5, 5.41) is 3.46. The predicted molar refractivity (Wildman–Crippen MR) is 70.0 cm³/mol. The van der Waals surface area contributed by atoms with Crippen LogP contribution in [-0.2, 0) is 6.42 Å². The van der Waals surface area contributed by atoms with Gasteiger partial charge in [-0.3, -0.25) is 0 Å². The highest BCUT2D eigenvalue weighted by Crippen LogP contribution is 2.12. The number of hydrogen-bond acceptors (Lipinski definition) is 2. The van der Waals surface area contributed by atoms with Gasteiger partial charge in [-0.1, -0.05) is 37.3 Å². The zero-order valence-electron chi connectivity index (χ0n) is 10.2. The number of imidazole rings is 1. The van der Waals surface area contributed by atoms with Crippen molar-refractivity contribution in [3.05, 3.63) is 54.1 Å². The Morgan fingerprint density at radius 1 is 1.29 bits per heavy atom. The summed E-state index contributed by atoms with van der Waals surface area (Å²) in [5.74, 6) is 1.60.